The van der Waals surface area contributed by atoms with Crippen LogP contribution in [-0.2, 0) is 18.8 Å². The predicted molar refractivity (Wildman–Crippen MR) is 104 cm³/mol. The van der Waals surface area contributed by atoms with Crippen LogP contribution in [0.5, 0.6) is 0 Å². The molecular formula is C18H29NO4SSi. The smallest absolute Gasteiger partial charge is 0.330 e. The van der Waals surface area contributed by atoms with Crippen molar-refractivity contribution >= 4 is 32.0 Å². The number of methoxy groups -OCH3 is 1. The topological polar surface area (TPSA) is 64.6 Å². The minimum Gasteiger partial charge on any atom is -0.467 e. The van der Waals surface area contributed by atoms with Crippen LogP contribution in [0.3, 0.4) is 0 Å². The Kier molecular flexibility index (Phi) is 8.17. The molecule has 1 atom stereocenters. The van der Waals surface area contributed by atoms with Gasteiger partial charge in [0.15, 0.2) is 8.32 Å². The molecular weight excluding hydrogens is 354 g/mol. The lowest BCUT2D eigenvalue weighted by molar-refractivity contribution is -0.145. The van der Waals surface area contributed by atoms with E-state index >= 15 is 0 Å². The van der Waals surface area contributed by atoms with Gasteiger partial charge in [0, 0.05) is 4.90 Å². The molecule has 0 unspecified atom stereocenters. The highest BCUT2D eigenvalue weighted by molar-refractivity contribution is 8.00. The number of thioether (sulfide) groups is 1. The molecule has 0 saturated carbocycles. The molecule has 0 heterocycles. The van der Waals surface area contributed by atoms with Crippen LogP contribution in [0.4, 0.5) is 0 Å². The van der Waals surface area contributed by atoms with Crippen molar-refractivity contribution in [2.45, 2.75) is 49.8 Å². The lowest BCUT2D eigenvalue weighted by atomic mass is 10.2. The summed E-state index contributed by atoms with van der Waals surface area (Å²) in [5.74, 6) is -0.475. The number of carbonyl (C=O) groups is 2. The molecule has 1 amide bonds. The van der Waals surface area contributed by atoms with Gasteiger partial charge in [-0.1, -0.05) is 39.0 Å². The van der Waals surface area contributed by atoms with E-state index in [1.54, 1.807) is 0 Å². The predicted octanol–water partition coefficient (Wildman–Crippen LogP) is 3.46. The fourth-order valence-electron chi connectivity index (χ4n) is 1.72. The molecule has 0 fully saturated rings. The minimum atomic E-state index is -2.01. The third-order valence-corrected chi connectivity index (χ3v) is 9.86. The zero-order valence-electron chi connectivity index (χ0n) is 15.9. The van der Waals surface area contributed by atoms with Crippen LogP contribution >= 0.6 is 11.8 Å². The summed E-state index contributed by atoms with van der Waals surface area (Å²) in [5, 5.41) is 2.75. The first-order valence-corrected chi connectivity index (χ1v) is 12.1. The lowest BCUT2D eigenvalue weighted by Gasteiger charge is -2.37. The van der Waals surface area contributed by atoms with Crippen LogP contribution in [0.2, 0.25) is 18.1 Å². The van der Waals surface area contributed by atoms with Crippen molar-refractivity contribution in [1.29, 1.82) is 0 Å². The molecule has 1 aromatic carbocycles. The number of hydrogen-bond acceptors (Lipinski definition) is 5. The summed E-state index contributed by atoms with van der Waals surface area (Å²) < 4.78 is 10.9. The first-order chi connectivity index (χ1) is 11.6. The van der Waals surface area contributed by atoms with E-state index < -0.39 is 20.3 Å². The number of esters is 1. The minimum absolute atomic E-state index is 0.0286. The number of rotatable bonds is 8. The van der Waals surface area contributed by atoms with Crippen LogP contribution < -0.4 is 5.32 Å². The van der Waals surface area contributed by atoms with Crippen LogP contribution in [0.1, 0.15) is 20.8 Å². The lowest BCUT2D eigenvalue weighted by Crippen LogP contribution is -2.50. The number of benzene rings is 1. The van der Waals surface area contributed by atoms with Gasteiger partial charge in [0.05, 0.1) is 19.5 Å². The molecule has 7 heteroatoms. The zero-order chi connectivity index (χ0) is 19.1. The molecule has 0 aliphatic heterocycles. The van der Waals surface area contributed by atoms with E-state index in [0.29, 0.717) is 0 Å². The Morgan fingerprint density at radius 1 is 1.20 bits per heavy atom. The van der Waals surface area contributed by atoms with Crippen molar-refractivity contribution in [3.63, 3.8) is 0 Å². The van der Waals surface area contributed by atoms with Gasteiger partial charge in [0.2, 0.25) is 5.91 Å². The maximum atomic E-state index is 12.2. The number of ether oxygens (including phenoxy) is 1. The van der Waals surface area contributed by atoms with Crippen molar-refractivity contribution in [2.75, 3.05) is 19.5 Å². The highest BCUT2D eigenvalue weighted by Gasteiger charge is 2.38. The highest BCUT2D eigenvalue weighted by atomic mass is 32.2. The SMILES string of the molecule is COC(=O)[C@H](CO[Si](C)(C)C(C)(C)C)NC(=O)CSc1ccccc1. The average molecular weight is 384 g/mol. The van der Waals surface area contributed by atoms with Gasteiger partial charge in [-0.15, -0.1) is 11.8 Å². The van der Waals surface area contributed by atoms with E-state index in [4.69, 9.17) is 9.16 Å². The van der Waals surface area contributed by atoms with Crippen LogP contribution in [0, 0.1) is 0 Å². The standard InChI is InChI=1S/C18H29NO4SSi/c1-18(2,3)25(5,6)23-12-15(17(21)22-4)19-16(20)13-24-14-10-8-7-9-11-14/h7-11,15H,12-13H2,1-6H3,(H,19,20)/t15-/m0/s1. The van der Waals surface area contributed by atoms with Gasteiger partial charge in [-0.25, -0.2) is 4.79 Å². The van der Waals surface area contributed by atoms with E-state index in [1.807, 2.05) is 30.3 Å². The van der Waals surface area contributed by atoms with E-state index in [9.17, 15) is 9.59 Å². The van der Waals surface area contributed by atoms with Gasteiger partial charge in [-0.2, -0.15) is 0 Å². The first-order valence-electron chi connectivity index (χ1n) is 8.26. The van der Waals surface area contributed by atoms with Gasteiger partial charge in [0.1, 0.15) is 6.04 Å². The fourth-order valence-corrected chi connectivity index (χ4v) is 3.47. The Morgan fingerprint density at radius 3 is 2.32 bits per heavy atom. The van der Waals surface area contributed by atoms with Crippen LogP contribution in [0.15, 0.2) is 35.2 Å². The van der Waals surface area contributed by atoms with Crippen molar-refractivity contribution < 1.29 is 18.8 Å². The maximum Gasteiger partial charge on any atom is 0.330 e. The molecule has 1 rings (SSSR count). The molecule has 1 N–H and O–H groups in total. The molecule has 0 spiro atoms. The number of amides is 1. The van der Waals surface area contributed by atoms with Crippen LogP contribution in [0.25, 0.3) is 0 Å². The van der Waals surface area contributed by atoms with Crippen molar-refractivity contribution in [3.05, 3.63) is 30.3 Å². The molecule has 0 aromatic heterocycles. The molecule has 140 valence electrons. The summed E-state index contributed by atoms with van der Waals surface area (Å²) in [5.41, 5.74) is 0. The Labute approximate surface area is 156 Å². The second-order valence-electron chi connectivity index (χ2n) is 7.32. The average Bonchev–Trinajstić information content (AvgIpc) is 2.56. The fraction of sp³-hybridized carbons (Fsp3) is 0.556. The molecule has 0 saturated heterocycles. The van der Waals surface area contributed by atoms with E-state index in [-0.39, 0.29) is 23.3 Å². The number of hydrogen-bond donors (Lipinski definition) is 1. The summed E-state index contributed by atoms with van der Waals surface area (Å²) in [6.07, 6.45) is 0. The first kappa shape index (κ1) is 21.7. The molecule has 0 aliphatic rings. The Hall–Kier alpha value is -1.31. The molecule has 5 nitrogen and oxygen atoms in total. The molecule has 0 bridgehead atoms. The van der Waals surface area contributed by atoms with Gasteiger partial charge < -0.3 is 14.5 Å². The quantitative estimate of drug-likeness (QED) is 0.423. The van der Waals surface area contributed by atoms with Crippen molar-refractivity contribution in [1.82, 2.24) is 5.32 Å². The highest BCUT2D eigenvalue weighted by Crippen LogP contribution is 2.36. The number of carbonyl (C=O) groups excluding carboxylic acids is 2. The second kappa shape index (κ2) is 9.40. The summed E-state index contributed by atoms with van der Waals surface area (Å²) in [6, 6.07) is 8.86. The zero-order valence-corrected chi connectivity index (χ0v) is 17.7. The van der Waals surface area contributed by atoms with E-state index in [0.717, 1.165) is 4.90 Å². The van der Waals surface area contributed by atoms with E-state index in [1.165, 1.54) is 18.9 Å². The van der Waals surface area contributed by atoms with Crippen LogP contribution in [-0.4, -0.2) is 45.7 Å². The van der Waals surface area contributed by atoms with E-state index in [2.05, 4.69) is 39.2 Å². The third kappa shape index (κ3) is 7.21. The summed E-state index contributed by atoms with van der Waals surface area (Å²) in [7, 11) is -0.701. The van der Waals surface area contributed by atoms with Gasteiger partial charge >= 0.3 is 5.97 Å². The normalized spacial score (nSPS) is 13.2. The second-order valence-corrected chi connectivity index (χ2v) is 13.2. The van der Waals surface area contributed by atoms with Gasteiger partial charge in [-0.05, 0) is 30.3 Å². The Bertz CT molecular complexity index is 572. The Balaban J connectivity index is 2.61. The van der Waals surface area contributed by atoms with Gasteiger partial charge in [-0.3, -0.25) is 4.79 Å². The van der Waals surface area contributed by atoms with Crippen molar-refractivity contribution in [3.8, 4) is 0 Å². The maximum absolute atomic E-state index is 12.2. The number of nitrogens with one attached hydrogen (secondary N) is 1. The summed E-state index contributed by atoms with van der Waals surface area (Å²) in [4.78, 5) is 25.2. The monoisotopic (exact) mass is 383 g/mol. The van der Waals surface area contributed by atoms with Gasteiger partial charge in [0.25, 0.3) is 0 Å². The third-order valence-electron chi connectivity index (χ3n) is 4.35. The summed E-state index contributed by atoms with van der Waals surface area (Å²) in [6.45, 7) is 10.7. The van der Waals surface area contributed by atoms with Crippen molar-refractivity contribution in [2.24, 2.45) is 0 Å². The summed E-state index contributed by atoms with van der Waals surface area (Å²) >= 11 is 1.42. The molecule has 0 aliphatic carbocycles. The largest absolute Gasteiger partial charge is 0.467 e. The molecule has 0 radical (unpaired) electrons. The Morgan fingerprint density at radius 2 is 1.80 bits per heavy atom. The molecule has 1 aromatic rings. The molecule has 25 heavy (non-hydrogen) atoms.